The lowest BCUT2D eigenvalue weighted by Crippen LogP contribution is -2.37. The summed E-state index contributed by atoms with van der Waals surface area (Å²) in [6.45, 7) is 5.39. The quantitative estimate of drug-likeness (QED) is 0.669. The summed E-state index contributed by atoms with van der Waals surface area (Å²) in [6.07, 6.45) is 2.98. The number of nitrogens with zero attached hydrogens (tertiary/aromatic N) is 1. The van der Waals surface area contributed by atoms with Gasteiger partial charge in [0.2, 0.25) is 0 Å². The van der Waals surface area contributed by atoms with E-state index in [1.807, 2.05) is 0 Å². The predicted octanol–water partition coefficient (Wildman–Crippen LogP) is 2.81. The van der Waals surface area contributed by atoms with E-state index in [1.165, 1.54) is 5.57 Å². The molecule has 6 nitrogen and oxygen atoms in total. The zero-order valence-corrected chi connectivity index (χ0v) is 13.5. The molecule has 23 heavy (non-hydrogen) atoms. The number of anilines is 1. The molecular weight excluding hydrogens is 296 g/mol. The SMILES string of the molecule is CCOC(=O)COc1ccc(NC(=O)N2CC=C(C)CC2)cc1. The van der Waals surface area contributed by atoms with Crippen molar-refractivity contribution < 1.29 is 19.1 Å². The van der Waals surface area contributed by atoms with Crippen LogP contribution in [0.2, 0.25) is 0 Å². The first-order chi connectivity index (χ1) is 11.1. The highest BCUT2D eigenvalue weighted by Crippen LogP contribution is 2.17. The molecule has 0 atom stereocenters. The second-order valence-electron chi connectivity index (χ2n) is 5.29. The van der Waals surface area contributed by atoms with E-state index >= 15 is 0 Å². The van der Waals surface area contributed by atoms with Gasteiger partial charge in [0, 0.05) is 18.8 Å². The van der Waals surface area contributed by atoms with E-state index in [9.17, 15) is 9.59 Å². The van der Waals surface area contributed by atoms with Crippen molar-refractivity contribution >= 4 is 17.7 Å². The molecule has 0 saturated carbocycles. The van der Waals surface area contributed by atoms with Crippen LogP contribution in [0.5, 0.6) is 5.75 Å². The molecule has 0 spiro atoms. The molecule has 1 N–H and O–H groups in total. The maximum absolute atomic E-state index is 12.1. The zero-order chi connectivity index (χ0) is 16.7. The number of urea groups is 1. The Kier molecular flexibility index (Phi) is 6.02. The molecule has 6 heteroatoms. The lowest BCUT2D eigenvalue weighted by atomic mass is 10.1. The largest absolute Gasteiger partial charge is 0.482 e. The maximum Gasteiger partial charge on any atom is 0.344 e. The minimum Gasteiger partial charge on any atom is -0.482 e. The van der Waals surface area contributed by atoms with E-state index in [0.29, 0.717) is 24.6 Å². The van der Waals surface area contributed by atoms with Crippen LogP contribution in [-0.4, -0.2) is 43.2 Å². The van der Waals surface area contributed by atoms with E-state index in [2.05, 4.69) is 18.3 Å². The number of esters is 1. The second-order valence-corrected chi connectivity index (χ2v) is 5.29. The van der Waals surface area contributed by atoms with Crippen LogP contribution in [0.25, 0.3) is 0 Å². The van der Waals surface area contributed by atoms with Crippen molar-refractivity contribution in [3.8, 4) is 5.75 Å². The van der Waals surface area contributed by atoms with Gasteiger partial charge in [-0.05, 0) is 44.5 Å². The fourth-order valence-corrected chi connectivity index (χ4v) is 2.14. The Bertz CT molecular complexity index is 581. The minimum absolute atomic E-state index is 0.117. The molecule has 1 heterocycles. The topological polar surface area (TPSA) is 67.9 Å². The Morgan fingerprint density at radius 2 is 2.00 bits per heavy atom. The van der Waals surface area contributed by atoms with Crippen molar-refractivity contribution in [3.63, 3.8) is 0 Å². The Balaban J connectivity index is 1.82. The highest BCUT2D eigenvalue weighted by molar-refractivity contribution is 5.89. The van der Waals surface area contributed by atoms with Crippen LogP contribution in [-0.2, 0) is 9.53 Å². The Labute approximate surface area is 136 Å². The smallest absolute Gasteiger partial charge is 0.344 e. The normalized spacial score (nSPS) is 14.0. The molecule has 0 radical (unpaired) electrons. The fraction of sp³-hybridized carbons (Fsp3) is 0.412. The minimum atomic E-state index is -0.404. The molecule has 0 bridgehead atoms. The first-order valence-corrected chi connectivity index (χ1v) is 7.68. The van der Waals surface area contributed by atoms with Crippen LogP contribution in [0.4, 0.5) is 10.5 Å². The number of amides is 2. The molecule has 0 fully saturated rings. The third-order valence-electron chi connectivity index (χ3n) is 3.49. The van der Waals surface area contributed by atoms with Gasteiger partial charge >= 0.3 is 12.0 Å². The molecular formula is C17H22N2O4. The highest BCUT2D eigenvalue weighted by atomic mass is 16.6. The van der Waals surface area contributed by atoms with Crippen LogP contribution >= 0.6 is 0 Å². The molecule has 1 aliphatic heterocycles. The average Bonchev–Trinajstić information content (AvgIpc) is 2.55. The predicted molar refractivity (Wildman–Crippen MR) is 87.5 cm³/mol. The number of benzene rings is 1. The van der Waals surface area contributed by atoms with Gasteiger partial charge in [0.1, 0.15) is 5.75 Å². The van der Waals surface area contributed by atoms with E-state index in [1.54, 1.807) is 36.1 Å². The Morgan fingerprint density at radius 1 is 1.26 bits per heavy atom. The Hall–Kier alpha value is -2.50. The van der Waals surface area contributed by atoms with Gasteiger partial charge in [-0.25, -0.2) is 9.59 Å². The molecule has 2 amide bonds. The third kappa shape index (κ3) is 5.32. The summed E-state index contributed by atoms with van der Waals surface area (Å²) < 4.78 is 10.1. The second kappa shape index (κ2) is 8.22. The van der Waals surface area contributed by atoms with Crippen molar-refractivity contribution in [2.75, 3.05) is 31.6 Å². The van der Waals surface area contributed by atoms with Gasteiger partial charge in [0.15, 0.2) is 6.61 Å². The molecule has 124 valence electrons. The number of nitrogens with one attached hydrogen (secondary N) is 1. The summed E-state index contributed by atoms with van der Waals surface area (Å²) in [5, 5.41) is 2.85. The lowest BCUT2D eigenvalue weighted by molar-refractivity contribution is -0.145. The maximum atomic E-state index is 12.1. The molecule has 1 aliphatic rings. The van der Waals surface area contributed by atoms with Gasteiger partial charge in [-0.2, -0.15) is 0 Å². The van der Waals surface area contributed by atoms with E-state index in [4.69, 9.17) is 9.47 Å². The standard InChI is InChI=1S/C17H22N2O4/c1-3-22-16(20)12-23-15-6-4-14(5-7-15)18-17(21)19-10-8-13(2)9-11-19/h4-8H,3,9-12H2,1-2H3,(H,18,21). The molecule has 0 saturated heterocycles. The molecule has 1 aromatic carbocycles. The summed E-state index contributed by atoms with van der Waals surface area (Å²) in [4.78, 5) is 25.1. The summed E-state index contributed by atoms with van der Waals surface area (Å²) in [5.41, 5.74) is 2.00. The van der Waals surface area contributed by atoms with E-state index < -0.39 is 5.97 Å². The van der Waals surface area contributed by atoms with Crippen LogP contribution in [0.3, 0.4) is 0 Å². The van der Waals surface area contributed by atoms with Crippen LogP contribution in [0.1, 0.15) is 20.3 Å². The first kappa shape index (κ1) is 16.9. The van der Waals surface area contributed by atoms with Gasteiger partial charge in [-0.15, -0.1) is 0 Å². The van der Waals surface area contributed by atoms with Crippen molar-refractivity contribution in [1.29, 1.82) is 0 Å². The van der Waals surface area contributed by atoms with Crippen molar-refractivity contribution in [1.82, 2.24) is 4.90 Å². The lowest BCUT2D eigenvalue weighted by Gasteiger charge is -2.25. The molecule has 2 rings (SSSR count). The van der Waals surface area contributed by atoms with Crippen molar-refractivity contribution in [2.24, 2.45) is 0 Å². The molecule has 1 aromatic rings. The number of rotatable bonds is 5. The average molecular weight is 318 g/mol. The summed E-state index contributed by atoms with van der Waals surface area (Å²) in [7, 11) is 0. The van der Waals surface area contributed by atoms with Gasteiger partial charge in [-0.3, -0.25) is 0 Å². The van der Waals surface area contributed by atoms with Gasteiger partial charge in [0.25, 0.3) is 0 Å². The van der Waals surface area contributed by atoms with Crippen molar-refractivity contribution in [2.45, 2.75) is 20.3 Å². The zero-order valence-electron chi connectivity index (χ0n) is 13.5. The van der Waals surface area contributed by atoms with Crippen LogP contribution in [0.15, 0.2) is 35.9 Å². The van der Waals surface area contributed by atoms with Gasteiger partial charge in [-0.1, -0.05) is 11.6 Å². The van der Waals surface area contributed by atoms with Gasteiger partial charge in [0.05, 0.1) is 6.61 Å². The van der Waals surface area contributed by atoms with E-state index in [-0.39, 0.29) is 12.6 Å². The fourth-order valence-electron chi connectivity index (χ4n) is 2.14. The monoisotopic (exact) mass is 318 g/mol. The number of carbonyl (C=O) groups excluding carboxylic acids is 2. The molecule has 0 aromatic heterocycles. The summed E-state index contributed by atoms with van der Waals surface area (Å²) in [5.74, 6) is 0.144. The number of hydrogen-bond acceptors (Lipinski definition) is 4. The molecule has 0 aliphatic carbocycles. The summed E-state index contributed by atoms with van der Waals surface area (Å²) >= 11 is 0. The van der Waals surface area contributed by atoms with Crippen molar-refractivity contribution in [3.05, 3.63) is 35.9 Å². The Morgan fingerprint density at radius 3 is 2.61 bits per heavy atom. The number of hydrogen-bond donors (Lipinski definition) is 1. The number of carbonyl (C=O) groups is 2. The highest BCUT2D eigenvalue weighted by Gasteiger charge is 2.15. The summed E-state index contributed by atoms with van der Waals surface area (Å²) in [6, 6.07) is 6.77. The third-order valence-corrected chi connectivity index (χ3v) is 3.49. The van der Waals surface area contributed by atoms with Crippen LogP contribution < -0.4 is 10.1 Å². The number of ether oxygens (including phenoxy) is 2. The van der Waals surface area contributed by atoms with Gasteiger partial charge < -0.3 is 19.7 Å². The first-order valence-electron chi connectivity index (χ1n) is 7.68. The van der Waals surface area contributed by atoms with E-state index in [0.717, 1.165) is 13.0 Å². The van der Waals surface area contributed by atoms with Crippen LogP contribution in [0, 0.1) is 0 Å². The molecule has 0 unspecified atom stereocenters.